The molecule has 3 aromatic rings. The Bertz CT molecular complexity index is 2330. The lowest BCUT2D eigenvalue weighted by Crippen LogP contribution is -2.62. The van der Waals surface area contributed by atoms with Gasteiger partial charge in [0, 0.05) is 25.4 Å². The van der Waals surface area contributed by atoms with E-state index in [1.165, 1.54) is 5.56 Å². The number of likely N-dealkylation sites (tertiary alicyclic amines) is 1. The van der Waals surface area contributed by atoms with Crippen LogP contribution in [-0.2, 0) is 54.6 Å². The topological polar surface area (TPSA) is 201 Å². The summed E-state index contributed by atoms with van der Waals surface area (Å²) < 4.78 is 0. The van der Waals surface area contributed by atoms with Crippen molar-refractivity contribution in [1.82, 2.24) is 41.7 Å². The maximum atomic E-state index is 15.1. The molecule has 1 fully saturated rings. The third kappa shape index (κ3) is 12.6. The van der Waals surface area contributed by atoms with E-state index in [1.54, 1.807) is 37.7 Å². The van der Waals surface area contributed by atoms with Crippen molar-refractivity contribution in [3.8, 4) is 0 Å². The van der Waals surface area contributed by atoms with Gasteiger partial charge in [0.1, 0.15) is 24.2 Å². The summed E-state index contributed by atoms with van der Waals surface area (Å²) in [6.07, 6.45) is 3.52. The number of nitrogens with one attached hydrogen (secondary N) is 6. The molecule has 374 valence electrons. The highest BCUT2D eigenvalue weighted by atomic mass is 16.3. The first-order valence-corrected chi connectivity index (χ1v) is 24.7. The Morgan fingerprint density at radius 3 is 1.88 bits per heavy atom. The summed E-state index contributed by atoms with van der Waals surface area (Å²) in [4.78, 5) is 88.9. The van der Waals surface area contributed by atoms with E-state index in [4.69, 9.17) is 0 Å². The molecule has 3 aliphatic rings. The van der Waals surface area contributed by atoms with Gasteiger partial charge in [0.2, 0.25) is 35.4 Å². The van der Waals surface area contributed by atoms with Gasteiger partial charge in [0.15, 0.2) is 0 Å². The lowest BCUT2D eigenvalue weighted by molar-refractivity contribution is -0.147. The first-order valence-electron chi connectivity index (χ1n) is 24.7. The number of hydrogen-bond donors (Lipinski definition) is 7. The van der Waals surface area contributed by atoms with Crippen LogP contribution in [0.5, 0.6) is 0 Å². The number of aliphatic hydroxyl groups excluding tert-OH is 1. The van der Waals surface area contributed by atoms with Crippen LogP contribution in [0, 0.1) is 10.8 Å². The largest absolute Gasteiger partial charge is 0.394 e. The SMILES string of the molecule is CNC(C)C(=O)NC(C(=O)N1Cc2cc([C@H]3C[C@@H](C(=O)NC(CO)Cc4ccccc4)N(C(=O)C(NC(=O)C(C)NC)C(C)(C)C)C3)ccc2CC1C(=O)N[C@@H]1CCCc2ccccc21)C(C)(C)C. The minimum absolute atomic E-state index is 0.0874. The van der Waals surface area contributed by atoms with Gasteiger partial charge in [-0.1, -0.05) is 114 Å². The van der Waals surface area contributed by atoms with Gasteiger partial charge in [-0.2, -0.15) is 0 Å². The molecule has 15 nitrogen and oxygen atoms in total. The highest BCUT2D eigenvalue weighted by Crippen LogP contribution is 2.38. The van der Waals surface area contributed by atoms with E-state index in [0.717, 1.165) is 47.1 Å². The number of carbonyl (C=O) groups excluding carboxylic acids is 6. The minimum atomic E-state index is -0.964. The zero-order chi connectivity index (χ0) is 50.4. The van der Waals surface area contributed by atoms with Crippen LogP contribution in [0.2, 0.25) is 0 Å². The van der Waals surface area contributed by atoms with Crippen LogP contribution < -0.4 is 31.9 Å². The lowest BCUT2D eigenvalue weighted by atomic mass is 9.83. The maximum absolute atomic E-state index is 15.1. The maximum Gasteiger partial charge on any atom is 0.246 e. The molecule has 7 N–H and O–H groups in total. The van der Waals surface area contributed by atoms with Gasteiger partial charge >= 0.3 is 0 Å². The Hall–Kier alpha value is -5.64. The highest BCUT2D eigenvalue weighted by molar-refractivity contribution is 5.95. The summed E-state index contributed by atoms with van der Waals surface area (Å²) in [5.41, 5.74) is 4.36. The molecule has 9 atom stereocenters. The molecule has 0 spiro atoms. The van der Waals surface area contributed by atoms with Crippen LogP contribution in [0.25, 0.3) is 0 Å². The third-order valence-corrected chi connectivity index (χ3v) is 14.3. The van der Waals surface area contributed by atoms with Gasteiger partial charge in [-0.15, -0.1) is 0 Å². The minimum Gasteiger partial charge on any atom is -0.394 e. The van der Waals surface area contributed by atoms with E-state index < -0.39 is 64.9 Å². The summed E-state index contributed by atoms with van der Waals surface area (Å²) in [7, 11) is 3.35. The van der Waals surface area contributed by atoms with Crippen molar-refractivity contribution in [2.24, 2.45) is 10.8 Å². The van der Waals surface area contributed by atoms with Gasteiger partial charge in [-0.05, 0) is 104 Å². The molecule has 2 heterocycles. The molecule has 69 heavy (non-hydrogen) atoms. The Labute approximate surface area is 408 Å². The summed E-state index contributed by atoms with van der Waals surface area (Å²) in [6, 6.07) is 18.0. The number of aryl methyl sites for hydroxylation is 1. The van der Waals surface area contributed by atoms with Crippen LogP contribution in [0.15, 0.2) is 72.8 Å². The van der Waals surface area contributed by atoms with E-state index >= 15 is 4.79 Å². The lowest BCUT2D eigenvalue weighted by Gasteiger charge is -2.42. The van der Waals surface area contributed by atoms with Crippen molar-refractivity contribution in [2.45, 2.75) is 155 Å². The van der Waals surface area contributed by atoms with Crippen LogP contribution in [0.1, 0.15) is 120 Å². The molecule has 2 aliphatic heterocycles. The van der Waals surface area contributed by atoms with E-state index in [2.05, 4.69) is 44.0 Å². The summed E-state index contributed by atoms with van der Waals surface area (Å²) >= 11 is 0. The van der Waals surface area contributed by atoms with Crippen molar-refractivity contribution >= 4 is 35.4 Å². The summed E-state index contributed by atoms with van der Waals surface area (Å²) in [5.74, 6) is -2.44. The van der Waals surface area contributed by atoms with Gasteiger partial charge in [-0.25, -0.2) is 0 Å². The van der Waals surface area contributed by atoms with E-state index in [9.17, 15) is 29.1 Å². The van der Waals surface area contributed by atoms with Crippen LogP contribution in [0.3, 0.4) is 0 Å². The quantitative estimate of drug-likeness (QED) is 0.112. The first kappa shape index (κ1) is 52.7. The van der Waals surface area contributed by atoms with Crippen LogP contribution in [-0.4, -0.2) is 120 Å². The number of fused-ring (bicyclic) bond motifs is 2. The highest BCUT2D eigenvalue weighted by Gasteiger charge is 2.47. The Kier molecular flexibility index (Phi) is 17.1. The summed E-state index contributed by atoms with van der Waals surface area (Å²) in [6.45, 7) is 14.7. The van der Waals surface area contributed by atoms with Gasteiger partial charge in [0.05, 0.1) is 30.8 Å². The second-order valence-electron chi connectivity index (χ2n) is 21.5. The monoisotopic (exact) mass is 949 g/mol. The molecule has 0 aromatic heterocycles. The van der Waals surface area contributed by atoms with Gasteiger partial charge in [-0.3, -0.25) is 28.8 Å². The molecule has 1 aliphatic carbocycles. The van der Waals surface area contributed by atoms with Crippen molar-refractivity contribution < 1.29 is 33.9 Å². The third-order valence-electron chi connectivity index (χ3n) is 14.3. The molecule has 15 heteroatoms. The number of carbonyl (C=O) groups is 6. The van der Waals surface area contributed by atoms with E-state index in [0.29, 0.717) is 6.42 Å². The van der Waals surface area contributed by atoms with E-state index in [1.807, 2.05) is 102 Å². The molecular weight excluding hydrogens is 873 g/mol. The Morgan fingerprint density at radius 2 is 1.29 bits per heavy atom. The van der Waals surface area contributed by atoms with Gasteiger partial charge in [0.25, 0.3) is 0 Å². The van der Waals surface area contributed by atoms with Crippen LogP contribution >= 0.6 is 0 Å². The average molecular weight is 949 g/mol. The molecule has 6 amide bonds. The number of aliphatic hydroxyl groups is 1. The van der Waals surface area contributed by atoms with Crippen molar-refractivity contribution in [3.05, 3.63) is 106 Å². The fourth-order valence-corrected chi connectivity index (χ4v) is 9.85. The second-order valence-corrected chi connectivity index (χ2v) is 21.5. The molecule has 3 aromatic carbocycles. The van der Waals surface area contributed by atoms with Gasteiger partial charge < -0.3 is 46.8 Å². The predicted octanol–water partition coefficient (Wildman–Crippen LogP) is 3.82. The van der Waals surface area contributed by atoms with E-state index in [-0.39, 0.29) is 68.1 Å². The molecule has 6 rings (SSSR count). The number of hydrogen-bond acceptors (Lipinski definition) is 9. The smallest absolute Gasteiger partial charge is 0.246 e. The standard InChI is InChI=1S/C54H76N8O7/c1-32(55-9)47(64)59-45(53(3,4)5)51(68)61-29-38-26-36(23-24-37(38)27-43(61)50(67)58-42-22-16-20-35-19-14-15-21-41(35)42)39-28-44(49(66)57-40(31-63)25-34-17-12-11-13-18-34)62(30-39)52(69)46(54(6,7)8)60-48(65)33(2)56-10/h11-15,17-19,21,23-24,26,32-33,39-40,42-46,55-56,63H,16,20,22,25,27-31H2,1-10H3,(H,57,66)(H,58,67)(H,59,64)(H,60,65)/t32?,33?,39-,40?,42+,43?,44-,45?,46?/m0/s1. The van der Waals surface area contributed by atoms with Crippen molar-refractivity contribution in [1.29, 1.82) is 0 Å². The first-order chi connectivity index (χ1) is 32.6. The zero-order valence-electron chi connectivity index (χ0n) is 42.3. The molecule has 0 bridgehead atoms. The Balaban J connectivity index is 1.34. The summed E-state index contributed by atoms with van der Waals surface area (Å²) in [5, 5.41) is 28.6. The predicted molar refractivity (Wildman–Crippen MR) is 267 cm³/mol. The van der Waals surface area contributed by atoms with Crippen molar-refractivity contribution in [3.63, 3.8) is 0 Å². The number of benzene rings is 3. The molecular formula is C54H76N8O7. The Morgan fingerprint density at radius 1 is 0.696 bits per heavy atom. The average Bonchev–Trinajstić information content (AvgIpc) is 3.78. The zero-order valence-corrected chi connectivity index (χ0v) is 42.3. The van der Waals surface area contributed by atoms with Crippen LogP contribution in [0.4, 0.5) is 0 Å². The molecule has 0 radical (unpaired) electrons. The normalized spacial score (nSPS) is 21.4. The second kappa shape index (κ2) is 22.4. The molecule has 6 unspecified atom stereocenters. The molecule has 1 saturated heterocycles. The fourth-order valence-electron chi connectivity index (χ4n) is 9.85. The number of rotatable bonds is 16. The molecule has 0 saturated carbocycles. The van der Waals surface area contributed by atoms with Crippen molar-refractivity contribution in [2.75, 3.05) is 27.2 Å². The number of amides is 6. The number of nitrogens with zero attached hydrogens (tertiary/aromatic N) is 2. The fraction of sp³-hybridized carbons (Fsp3) is 0.556. The number of likely N-dealkylation sites (N-methyl/N-ethyl adjacent to an activating group) is 2.